The fraction of sp³-hybridized carbons (Fsp3) is 0.462. The van der Waals surface area contributed by atoms with Gasteiger partial charge in [0.1, 0.15) is 6.61 Å². The Kier molecular flexibility index (Phi) is 4.98. The molecule has 2 saturated heterocycles. The minimum atomic E-state index is -0.951. The van der Waals surface area contributed by atoms with E-state index in [1.165, 1.54) is 0 Å². The third-order valence-electron chi connectivity index (χ3n) is 7.36. The number of carbonyl (C=O) groups is 1. The molecule has 2 aliphatic heterocycles. The largest absolute Gasteiger partial charge is 0.445 e. The molecule has 0 spiro atoms. The summed E-state index contributed by atoms with van der Waals surface area (Å²) in [5, 5.41) is 21.0. The van der Waals surface area contributed by atoms with E-state index in [2.05, 4.69) is 6.07 Å². The summed E-state index contributed by atoms with van der Waals surface area (Å²) in [4.78, 5) is 14.8. The van der Waals surface area contributed by atoms with Crippen LogP contribution < -0.4 is 0 Å². The number of fused-ring (bicyclic) bond motifs is 2. The molecule has 1 aliphatic carbocycles. The zero-order chi connectivity index (χ0) is 21.5. The number of piperidine rings is 2. The molecular formula is C26H28N2O3. The Bertz CT molecular complexity index is 978. The van der Waals surface area contributed by atoms with Crippen LogP contribution in [0.3, 0.4) is 0 Å². The molecule has 0 radical (unpaired) electrons. The van der Waals surface area contributed by atoms with E-state index in [9.17, 15) is 15.2 Å². The molecule has 160 valence electrons. The van der Waals surface area contributed by atoms with Crippen molar-refractivity contribution in [1.82, 2.24) is 4.90 Å². The van der Waals surface area contributed by atoms with Crippen LogP contribution in [0.25, 0.3) is 0 Å². The Morgan fingerprint density at radius 2 is 1.65 bits per heavy atom. The van der Waals surface area contributed by atoms with Gasteiger partial charge in [-0.1, -0.05) is 54.6 Å². The molecule has 2 heterocycles. The molecule has 1 N–H and O–H groups in total. The molecular weight excluding hydrogens is 388 g/mol. The normalized spacial score (nSPS) is 28.5. The van der Waals surface area contributed by atoms with E-state index >= 15 is 0 Å². The first-order valence-corrected chi connectivity index (χ1v) is 11.3. The van der Waals surface area contributed by atoms with Crippen LogP contribution in [0.2, 0.25) is 0 Å². The molecule has 31 heavy (non-hydrogen) atoms. The second-order valence-corrected chi connectivity index (χ2v) is 9.40. The third kappa shape index (κ3) is 3.70. The first kappa shape index (κ1) is 20.1. The first-order valence-electron chi connectivity index (χ1n) is 11.3. The van der Waals surface area contributed by atoms with Crippen molar-refractivity contribution in [2.24, 2.45) is 0 Å². The summed E-state index contributed by atoms with van der Waals surface area (Å²) in [6, 6.07) is 20.1. The zero-order valence-electron chi connectivity index (χ0n) is 17.7. The zero-order valence-corrected chi connectivity index (χ0v) is 17.7. The Morgan fingerprint density at radius 1 is 1.03 bits per heavy atom. The van der Waals surface area contributed by atoms with Gasteiger partial charge in [0.25, 0.3) is 0 Å². The van der Waals surface area contributed by atoms with Crippen molar-refractivity contribution in [3.63, 3.8) is 0 Å². The standard InChI is InChI=1S/C26H28N2O3/c27-18-25(13-14-25)20-9-11-21(12-10-20)26(30)15-22-7-4-8-23(16-26)28(22)24(29)31-17-19-5-2-1-3-6-19/h1-3,5-6,9-12,22-23,30H,4,7-8,13-17H2. The van der Waals surface area contributed by atoms with Gasteiger partial charge in [-0.15, -0.1) is 0 Å². The quantitative estimate of drug-likeness (QED) is 0.778. The number of nitrogens with zero attached hydrogens (tertiary/aromatic N) is 2. The van der Waals surface area contributed by atoms with Crippen LogP contribution in [0.4, 0.5) is 4.79 Å². The van der Waals surface area contributed by atoms with Crippen LogP contribution in [0.5, 0.6) is 0 Å². The highest BCUT2D eigenvalue weighted by atomic mass is 16.6. The molecule has 5 rings (SSSR count). The predicted molar refractivity (Wildman–Crippen MR) is 116 cm³/mol. The summed E-state index contributed by atoms with van der Waals surface area (Å²) in [6.07, 6.45) is 5.43. The number of rotatable bonds is 4. The monoisotopic (exact) mass is 416 g/mol. The summed E-state index contributed by atoms with van der Waals surface area (Å²) in [7, 11) is 0. The summed E-state index contributed by atoms with van der Waals surface area (Å²) < 4.78 is 5.63. The van der Waals surface area contributed by atoms with Gasteiger partial charge < -0.3 is 14.7 Å². The third-order valence-corrected chi connectivity index (χ3v) is 7.36. The Morgan fingerprint density at radius 3 is 2.23 bits per heavy atom. The fourth-order valence-corrected chi connectivity index (χ4v) is 5.45. The lowest BCUT2D eigenvalue weighted by Crippen LogP contribution is -2.58. The van der Waals surface area contributed by atoms with Crippen molar-refractivity contribution < 1.29 is 14.6 Å². The van der Waals surface area contributed by atoms with Crippen LogP contribution in [0.15, 0.2) is 54.6 Å². The molecule has 5 nitrogen and oxygen atoms in total. The van der Waals surface area contributed by atoms with Gasteiger partial charge in [-0.05, 0) is 48.8 Å². The molecule has 2 aromatic carbocycles. The number of amides is 1. The number of aliphatic hydroxyl groups is 1. The molecule has 2 aromatic rings. The maximum Gasteiger partial charge on any atom is 0.410 e. The molecule has 1 amide bonds. The van der Waals surface area contributed by atoms with Gasteiger partial charge in [0.15, 0.2) is 0 Å². The maximum absolute atomic E-state index is 12.9. The number of ether oxygens (including phenoxy) is 1. The minimum absolute atomic E-state index is 0.0191. The molecule has 1 saturated carbocycles. The van der Waals surface area contributed by atoms with Gasteiger partial charge in [0.05, 0.1) is 17.1 Å². The van der Waals surface area contributed by atoms with E-state index in [0.29, 0.717) is 12.8 Å². The van der Waals surface area contributed by atoms with Crippen LogP contribution in [-0.2, 0) is 22.4 Å². The summed E-state index contributed by atoms with van der Waals surface area (Å²) >= 11 is 0. The number of carbonyl (C=O) groups excluding carboxylic acids is 1. The number of hydrogen-bond donors (Lipinski definition) is 1. The van der Waals surface area contributed by atoms with Gasteiger partial charge in [-0.2, -0.15) is 5.26 Å². The lowest BCUT2D eigenvalue weighted by Gasteiger charge is -2.51. The number of nitriles is 1. The molecule has 2 atom stereocenters. The average Bonchev–Trinajstić information content (AvgIpc) is 3.59. The molecule has 2 bridgehead atoms. The van der Waals surface area contributed by atoms with Gasteiger partial charge in [-0.25, -0.2) is 4.79 Å². The Hall–Kier alpha value is -2.84. The van der Waals surface area contributed by atoms with Crippen LogP contribution in [-0.4, -0.2) is 28.2 Å². The van der Waals surface area contributed by atoms with Crippen LogP contribution in [0.1, 0.15) is 61.6 Å². The molecule has 0 aromatic heterocycles. The summed E-state index contributed by atoms with van der Waals surface area (Å²) in [5.74, 6) is 0. The van der Waals surface area contributed by atoms with E-state index in [4.69, 9.17) is 4.74 Å². The van der Waals surface area contributed by atoms with E-state index in [1.807, 2.05) is 59.5 Å². The average molecular weight is 417 g/mol. The molecule has 3 fully saturated rings. The highest BCUT2D eigenvalue weighted by Crippen LogP contribution is 2.49. The highest BCUT2D eigenvalue weighted by Gasteiger charge is 2.49. The van der Waals surface area contributed by atoms with Crippen molar-refractivity contribution in [3.05, 3.63) is 71.3 Å². The fourth-order valence-electron chi connectivity index (χ4n) is 5.45. The lowest BCUT2D eigenvalue weighted by atomic mass is 9.72. The van der Waals surface area contributed by atoms with E-state index in [0.717, 1.165) is 48.8 Å². The second-order valence-electron chi connectivity index (χ2n) is 9.40. The molecule has 2 unspecified atom stereocenters. The predicted octanol–water partition coefficient (Wildman–Crippen LogP) is 4.78. The van der Waals surface area contributed by atoms with Crippen molar-refractivity contribution in [1.29, 1.82) is 5.26 Å². The van der Waals surface area contributed by atoms with Crippen molar-refractivity contribution in [2.45, 2.75) is 74.7 Å². The number of hydrogen-bond acceptors (Lipinski definition) is 4. The van der Waals surface area contributed by atoms with Gasteiger partial charge >= 0.3 is 6.09 Å². The summed E-state index contributed by atoms with van der Waals surface area (Å²) in [5.41, 5.74) is 1.64. The van der Waals surface area contributed by atoms with Crippen LogP contribution in [0, 0.1) is 11.3 Å². The molecule has 5 heteroatoms. The first-order chi connectivity index (χ1) is 15.0. The smallest absolute Gasteiger partial charge is 0.410 e. The van der Waals surface area contributed by atoms with Gasteiger partial charge in [0, 0.05) is 24.9 Å². The van der Waals surface area contributed by atoms with Gasteiger partial charge in [-0.3, -0.25) is 0 Å². The van der Waals surface area contributed by atoms with Gasteiger partial charge in [0.2, 0.25) is 0 Å². The van der Waals surface area contributed by atoms with Crippen LogP contribution >= 0.6 is 0 Å². The topological polar surface area (TPSA) is 73.6 Å². The highest BCUT2D eigenvalue weighted by molar-refractivity contribution is 5.69. The van der Waals surface area contributed by atoms with E-state index in [1.54, 1.807) is 0 Å². The van der Waals surface area contributed by atoms with E-state index < -0.39 is 5.60 Å². The van der Waals surface area contributed by atoms with Crippen molar-refractivity contribution in [2.75, 3.05) is 0 Å². The maximum atomic E-state index is 12.9. The second kappa shape index (κ2) is 7.69. The summed E-state index contributed by atoms with van der Waals surface area (Å²) in [6.45, 7) is 0.266. The van der Waals surface area contributed by atoms with Crippen molar-refractivity contribution >= 4 is 6.09 Å². The lowest BCUT2D eigenvalue weighted by molar-refractivity contribution is -0.0896. The Labute approximate surface area is 183 Å². The van der Waals surface area contributed by atoms with E-state index in [-0.39, 0.29) is 30.2 Å². The number of benzene rings is 2. The SMILES string of the molecule is N#CC1(c2ccc(C3(O)CC4CCCC(C3)N4C(=O)OCc3ccccc3)cc2)CC1. The minimum Gasteiger partial charge on any atom is -0.445 e. The Balaban J connectivity index is 1.30. The van der Waals surface area contributed by atoms with Crippen molar-refractivity contribution in [3.8, 4) is 6.07 Å². The molecule has 3 aliphatic rings.